The van der Waals surface area contributed by atoms with Gasteiger partial charge in [-0.1, -0.05) is 12.1 Å². The third kappa shape index (κ3) is 3.50. The fourth-order valence-electron chi connectivity index (χ4n) is 3.13. The molecule has 6 nitrogen and oxygen atoms in total. The number of hydrogen-bond acceptors (Lipinski definition) is 5. The SMILES string of the molecule is NCCNc1nc(-c2ccc(F)cc2F)c2ccc(=O)n(-c3ccccc3F)c2n1. The van der Waals surface area contributed by atoms with Gasteiger partial charge < -0.3 is 11.1 Å². The summed E-state index contributed by atoms with van der Waals surface area (Å²) in [7, 11) is 0. The number of fused-ring (bicyclic) bond motifs is 1. The molecule has 0 atom stereocenters. The zero-order chi connectivity index (χ0) is 21.3. The highest BCUT2D eigenvalue weighted by Gasteiger charge is 2.18. The van der Waals surface area contributed by atoms with E-state index in [1.165, 1.54) is 36.4 Å². The third-order valence-corrected chi connectivity index (χ3v) is 4.46. The lowest BCUT2D eigenvalue weighted by Crippen LogP contribution is -2.21. The number of pyridine rings is 1. The number of anilines is 1. The number of nitrogens with two attached hydrogens (primary N) is 1. The molecule has 0 radical (unpaired) electrons. The molecule has 30 heavy (non-hydrogen) atoms. The number of para-hydroxylation sites is 1. The Morgan fingerprint density at radius 3 is 2.50 bits per heavy atom. The molecule has 0 bridgehead atoms. The van der Waals surface area contributed by atoms with Gasteiger partial charge in [-0.3, -0.25) is 9.36 Å². The Bertz CT molecular complexity index is 1310. The van der Waals surface area contributed by atoms with E-state index in [2.05, 4.69) is 15.3 Å². The van der Waals surface area contributed by atoms with Crippen molar-refractivity contribution in [3.8, 4) is 16.9 Å². The Kier molecular flexibility index (Phi) is 5.20. The molecule has 0 fully saturated rings. The lowest BCUT2D eigenvalue weighted by atomic mass is 10.1. The van der Waals surface area contributed by atoms with E-state index in [-0.39, 0.29) is 35.1 Å². The zero-order valence-electron chi connectivity index (χ0n) is 15.6. The van der Waals surface area contributed by atoms with Crippen molar-refractivity contribution in [3.05, 3.63) is 82.4 Å². The van der Waals surface area contributed by atoms with Gasteiger partial charge in [0.2, 0.25) is 5.95 Å². The quantitative estimate of drug-likeness (QED) is 0.527. The van der Waals surface area contributed by atoms with E-state index >= 15 is 0 Å². The van der Waals surface area contributed by atoms with Crippen LogP contribution in [0, 0.1) is 17.5 Å². The first-order valence-corrected chi connectivity index (χ1v) is 9.07. The Labute approximate surface area is 168 Å². The summed E-state index contributed by atoms with van der Waals surface area (Å²) in [4.78, 5) is 21.3. The molecule has 0 aliphatic heterocycles. The van der Waals surface area contributed by atoms with Crippen molar-refractivity contribution in [1.29, 1.82) is 0 Å². The lowest BCUT2D eigenvalue weighted by Gasteiger charge is -2.15. The second-order valence-corrected chi connectivity index (χ2v) is 6.43. The summed E-state index contributed by atoms with van der Waals surface area (Å²) in [5.74, 6) is -2.12. The van der Waals surface area contributed by atoms with Gasteiger partial charge in [-0.2, -0.15) is 4.98 Å². The van der Waals surface area contributed by atoms with Gasteiger partial charge in [-0.15, -0.1) is 0 Å². The Hall–Kier alpha value is -3.72. The second-order valence-electron chi connectivity index (χ2n) is 6.43. The van der Waals surface area contributed by atoms with Crippen LogP contribution in [0.5, 0.6) is 0 Å². The molecular weight excluding hydrogens is 395 g/mol. The van der Waals surface area contributed by atoms with Crippen molar-refractivity contribution < 1.29 is 13.2 Å². The molecule has 0 spiro atoms. The molecule has 2 heterocycles. The molecule has 0 unspecified atom stereocenters. The minimum absolute atomic E-state index is 0.0119. The molecular formula is C21H16F3N5O. The molecule has 3 N–H and O–H groups in total. The Balaban J connectivity index is 2.09. The van der Waals surface area contributed by atoms with Crippen LogP contribution < -0.4 is 16.6 Å². The molecule has 9 heteroatoms. The van der Waals surface area contributed by atoms with Gasteiger partial charge in [0.05, 0.1) is 11.4 Å². The van der Waals surface area contributed by atoms with Crippen LogP contribution in [0.1, 0.15) is 0 Å². The largest absolute Gasteiger partial charge is 0.353 e. The van der Waals surface area contributed by atoms with Gasteiger partial charge in [0.25, 0.3) is 5.56 Å². The summed E-state index contributed by atoms with van der Waals surface area (Å²) in [6.45, 7) is 0.587. The summed E-state index contributed by atoms with van der Waals surface area (Å²) in [6.07, 6.45) is 0. The van der Waals surface area contributed by atoms with Crippen molar-refractivity contribution in [2.24, 2.45) is 5.73 Å². The van der Waals surface area contributed by atoms with Gasteiger partial charge >= 0.3 is 0 Å². The minimum Gasteiger partial charge on any atom is -0.353 e. The van der Waals surface area contributed by atoms with Crippen molar-refractivity contribution >= 4 is 17.0 Å². The minimum atomic E-state index is -0.830. The summed E-state index contributed by atoms with van der Waals surface area (Å²) in [5.41, 5.74) is 5.19. The van der Waals surface area contributed by atoms with Crippen LogP contribution in [0.25, 0.3) is 28.0 Å². The van der Waals surface area contributed by atoms with Crippen LogP contribution >= 0.6 is 0 Å². The number of halogens is 3. The predicted octanol–water partition coefficient (Wildman–Crippen LogP) is 3.24. The van der Waals surface area contributed by atoms with Gasteiger partial charge in [0, 0.05) is 36.2 Å². The maximum absolute atomic E-state index is 14.5. The van der Waals surface area contributed by atoms with Gasteiger partial charge in [-0.25, -0.2) is 18.2 Å². The normalized spacial score (nSPS) is 11.1. The number of benzene rings is 2. The smallest absolute Gasteiger partial charge is 0.256 e. The molecule has 0 amide bonds. The maximum Gasteiger partial charge on any atom is 0.256 e. The van der Waals surface area contributed by atoms with Crippen molar-refractivity contribution in [1.82, 2.24) is 14.5 Å². The number of rotatable bonds is 5. The third-order valence-electron chi connectivity index (χ3n) is 4.46. The number of nitrogens with zero attached hydrogens (tertiary/aromatic N) is 3. The van der Waals surface area contributed by atoms with E-state index in [0.29, 0.717) is 11.9 Å². The molecule has 152 valence electrons. The van der Waals surface area contributed by atoms with Crippen LogP contribution in [0.4, 0.5) is 19.1 Å². The summed E-state index contributed by atoms with van der Waals surface area (Å²) < 4.78 is 43.5. The van der Waals surface area contributed by atoms with Gasteiger partial charge in [-0.05, 0) is 30.3 Å². The zero-order valence-corrected chi connectivity index (χ0v) is 15.6. The van der Waals surface area contributed by atoms with Crippen LogP contribution in [0.15, 0.2) is 59.4 Å². The molecule has 0 aliphatic carbocycles. The first-order valence-electron chi connectivity index (χ1n) is 9.07. The van der Waals surface area contributed by atoms with E-state index in [1.54, 1.807) is 6.07 Å². The Morgan fingerprint density at radius 2 is 1.77 bits per heavy atom. The van der Waals surface area contributed by atoms with Crippen molar-refractivity contribution in [3.63, 3.8) is 0 Å². The Morgan fingerprint density at radius 1 is 0.967 bits per heavy atom. The molecule has 0 aliphatic rings. The van der Waals surface area contributed by atoms with Crippen molar-refractivity contribution in [2.75, 3.05) is 18.4 Å². The fourth-order valence-corrected chi connectivity index (χ4v) is 3.13. The number of hydrogen-bond donors (Lipinski definition) is 2. The molecule has 2 aromatic carbocycles. The van der Waals surface area contributed by atoms with E-state index < -0.39 is 23.0 Å². The second kappa shape index (κ2) is 7.96. The monoisotopic (exact) mass is 411 g/mol. The predicted molar refractivity (Wildman–Crippen MR) is 108 cm³/mol. The van der Waals surface area contributed by atoms with Gasteiger partial charge in [0.15, 0.2) is 5.65 Å². The van der Waals surface area contributed by atoms with E-state index in [4.69, 9.17) is 5.73 Å². The van der Waals surface area contributed by atoms with E-state index in [0.717, 1.165) is 16.7 Å². The number of aromatic nitrogens is 3. The molecule has 4 rings (SSSR count). The summed E-state index contributed by atoms with van der Waals surface area (Å²) in [6, 6.07) is 11.5. The van der Waals surface area contributed by atoms with E-state index in [9.17, 15) is 18.0 Å². The topological polar surface area (TPSA) is 85.8 Å². The van der Waals surface area contributed by atoms with Crippen LogP contribution in [-0.2, 0) is 0 Å². The summed E-state index contributed by atoms with van der Waals surface area (Å²) >= 11 is 0. The first kappa shape index (κ1) is 19.6. The average Bonchev–Trinajstić information content (AvgIpc) is 2.72. The summed E-state index contributed by atoms with van der Waals surface area (Å²) in [5, 5.41) is 3.18. The fraction of sp³-hybridized carbons (Fsp3) is 0.0952. The standard InChI is InChI=1S/C21H16F3N5O/c22-12-5-6-13(16(24)11-12)19-14-7-8-18(30)29(17-4-2-1-3-15(17)23)20(14)28-21(27-19)26-10-9-25/h1-8,11H,9-10,25H2,(H,26,27,28). The highest BCUT2D eigenvalue weighted by molar-refractivity contribution is 5.92. The highest BCUT2D eigenvalue weighted by atomic mass is 19.1. The highest BCUT2D eigenvalue weighted by Crippen LogP contribution is 2.30. The molecule has 2 aromatic heterocycles. The molecule has 0 saturated heterocycles. The molecule has 0 saturated carbocycles. The maximum atomic E-state index is 14.5. The lowest BCUT2D eigenvalue weighted by molar-refractivity contribution is 0.585. The van der Waals surface area contributed by atoms with Gasteiger partial charge in [0.1, 0.15) is 17.5 Å². The van der Waals surface area contributed by atoms with Crippen molar-refractivity contribution in [2.45, 2.75) is 0 Å². The first-order chi connectivity index (χ1) is 14.5. The molecule has 4 aromatic rings. The van der Waals surface area contributed by atoms with Crippen LogP contribution in [0.2, 0.25) is 0 Å². The average molecular weight is 411 g/mol. The van der Waals surface area contributed by atoms with Crippen LogP contribution in [0.3, 0.4) is 0 Å². The van der Waals surface area contributed by atoms with Crippen LogP contribution in [-0.4, -0.2) is 27.6 Å². The number of nitrogens with one attached hydrogen (secondary N) is 1. The van der Waals surface area contributed by atoms with E-state index in [1.807, 2.05) is 0 Å².